The van der Waals surface area contributed by atoms with Crippen LogP contribution in [0.4, 0.5) is 0 Å². The summed E-state index contributed by atoms with van der Waals surface area (Å²) in [6.07, 6.45) is 1.10. The number of nitrogens with zero attached hydrogens (tertiary/aromatic N) is 2. The van der Waals surface area contributed by atoms with Crippen LogP contribution >= 0.6 is 0 Å². The summed E-state index contributed by atoms with van der Waals surface area (Å²) in [5, 5.41) is 10.0. The molecule has 0 aliphatic carbocycles. The molecule has 1 unspecified atom stereocenters. The number of fused-ring (bicyclic) bond motifs is 2. The number of benzene rings is 2. The normalized spacial score (nSPS) is 13.0. The average Bonchev–Trinajstić information content (AvgIpc) is 2.83. The van der Waals surface area contributed by atoms with Crippen LogP contribution in [0.5, 0.6) is 0 Å². The number of nitrogens with one attached hydrogen (secondary N) is 1. The molecule has 0 radical (unpaired) electrons. The lowest BCUT2D eigenvalue weighted by Crippen LogP contribution is -2.53. The number of ether oxygens (including phenoxy) is 1. The zero-order valence-electron chi connectivity index (χ0n) is 20.2. The van der Waals surface area contributed by atoms with Crippen molar-refractivity contribution >= 4 is 33.7 Å². The third kappa shape index (κ3) is 4.00. The van der Waals surface area contributed by atoms with Gasteiger partial charge in [0, 0.05) is 18.1 Å². The first-order chi connectivity index (χ1) is 17.0. The van der Waals surface area contributed by atoms with E-state index >= 15 is 0 Å². The van der Waals surface area contributed by atoms with Gasteiger partial charge in [0.2, 0.25) is 5.43 Å². The van der Waals surface area contributed by atoms with Gasteiger partial charge >= 0.3 is 17.6 Å². The summed E-state index contributed by atoms with van der Waals surface area (Å²) in [4.78, 5) is 66.6. The second-order valence-corrected chi connectivity index (χ2v) is 9.03. The minimum atomic E-state index is -1.74. The van der Waals surface area contributed by atoms with Crippen LogP contribution in [0.1, 0.15) is 34.8 Å². The van der Waals surface area contributed by atoms with Crippen LogP contribution in [0, 0.1) is 13.8 Å². The van der Waals surface area contributed by atoms with E-state index in [1.807, 2.05) is 0 Å². The zero-order chi connectivity index (χ0) is 26.4. The molecule has 0 fully saturated rings. The Balaban J connectivity index is 1.90. The highest BCUT2D eigenvalue weighted by Gasteiger charge is 2.39. The Morgan fingerprint density at radius 1 is 1.03 bits per heavy atom. The van der Waals surface area contributed by atoms with Crippen molar-refractivity contribution in [2.24, 2.45) is 0 Å². The number of methoxy groups -OCH3 is 1. The largest absolute Gasteiger partial charge is 0.477 e. The van der Waals surface area contributed by atoms with E-state index in [1.54, 1.807) is 50.2 Å². The van der Waals surface area contributed by atoms with E-state index in [0.29, 0.717) is 11.0 Å². The van der Waals surface area contributed by atoms with E-state index < -0.39 is 39.7 Å². The monoisotopic (exact) mass is 491 g/mol. The van der Waals surface area contributed by atoms with Gasteiger partial charge in [-0.2, -0.15) is 0 Å². The molecular weight excluding hydrogens is 466 g/mol. The molecule has 2 aromatic carbocycles. The molecule has 10 heteroatoms. The van der Waals surface area contributed by atoms with Crippen LogP contribution in [-0.2, 0) is 21.6 Å². The summed E-state index contributed by atoms with van der Waals surface area (Å²) in [5.41, 5.74) is -1.85. The maximum absolute atomic E-state index is 13.4. The van der Waals surface area contributed by atoms with Crippen LogP contribution in [0.3, 0.4) is 0 Å². The van der Waals surface area contributed by atoms with E-state index in [2.05, 4.69) is 4.98 Å². The lowest BCUT2D eigenvalue weighted by Gasteiger charge is -2.29. The minimum Gasteiger partial charge on any atom is -0.477 e. The van der Waals surface area contributed by atoms with Crippen LogP contribution in [0.15, 0.2) is 57.0 Å². The second kappa shape index (κ2) is 8.95. The van der Waals surface area contributed by atoms with Crippen LogP contribution in [-0.4, -0.2) is 38.3 Å². The predicted molar refractivity (Wildman–Crippen MR) is 134 cm³/mol. The van der Waals surface area contributed by atoms with E-state index in [1.165, 1.54) is 17.7 Å². The number of H-pyrrole nitrogens is 1. The summed E-state index contributed by atoms with van der Waals surface area (Å²) in [6.45, 7) is 5.01. The molecule has 0 aliphatic rings. The molecule has 2 aromatic heterocycles. The highest BCUT2D eigenvalue weighted by molar-refractivity contribution is 5.92. The molecule has 4 rings (SSSR count). The summed E-state index contributed by atoms with van der Waals surface area (Å²) < 4.78 is 7.36. The van der Waals surface area contributed by atoms with Crippen molar-refractivity contribution in [3.05, 3.63) is 90.3 Å². The first kappa shape index (κ1) is 24.6. The molecule has 0 spiro atoms. The summed E-state index contributed by atoms with van der Waals surface area (Å²) in [6, 6.07) is 10.1. The first-order valence-corrected chi connectivity index (χ1v) is 11.2. The van der Waals surface area contributed by atoms with E-state index in [-0.39, 0.29) is 23.7 Å². The van der Waals surface area contributed by atoms with Crippen molar-refractivity contribution in [2.75, 3.05) is 7.11 Å². The highest BCUT2D eigenvalue weighted by atomic mass is 16.5. The van der Waals surface area contributed by atoms with Gasteiger partial charge in [-0.05, 0) is 51.5 Å². The molecule has 36 heavy (non-hydrogen) atoms. The number of rotatable bonds is 6. The number of carboxylic acid groups (broad SMARTS) is 1. The topological polar surface area (TPSA) is 140 Å². The lowest BCUT2D eigenvalue weighted by atomic mass is 9.96. The number of carboxylic acids is 1. The third-order valence-electron chi connectivity index (χ3n) is 6.48. The zero-order valence-corrected chi connectivity index (χ0v) is 20.2. The summed E-state index contributed by atoms with van der Waals surface area (Å²) in [7, 11) is 1.16. The van der Waals surface area contributed by atoms with Crippen molar-refractivity contribution in [3.63, 3.8) is 0 Å². The number of aromatic amines is 1. The molecule has 4 aromatic rings. The Bertz CT molecular complexity index is 1730. The number of hydrogen-bond donors (Lipinski definition) is 2. The summed E-state index contributed by atoms with van der Waals surface area (Å²) in [5.74, 6) is -2.20. The van der Waals surface area contributed by atoms with E-state index in [0.717, 1.165) is 22.8 Å². The SMILES string of the molecule is COC(=O)C(C)(CCn1cc(C(=O)O)c(=O)c2cc(C)ccc21)n1c(=O)[nH]c2ccc(C)cc2c1=O. The van der Waals surface area contributed by atoms with Gasteiger partial charge in [-0.15, -0.1) is 0 Å². The standard InChI is InChI=1S/C26H25N3O7/c1-14-5-7-19-16(11-14)22(31)29(25(35)27-19)26(3,24(34)36-4)9-10-28-13-18(23(32)33)21(30)17-12-15(2)6-8-20(17)28/h5-8,11-13H,9-10H2,1-4H3,(H,27,35)(H,32,33). The fourth-order valence-corrected chi connectivity index (χ4v) is 4.49. The fraction of sp³-hybridized carbons (Fsp3) is 0.269. The molecule has 2 heterocycles. The maximum Gasteiger partial charge on any atom is 0.341 e. The number of aromatic nitrogens is 3. The molecule has 0 bridgehead atoms. The molecule has 0 aliphatic heterocycles. The smallest absolute Gasteiger partial charge is 0.341 e. The van der Waals surface area contributed by atoms with Gasteiger partial charge in [-0.25, -0.2) is 19.0 Å². The van der Waals surface area contributed by atoms with Crippen molar-refractivity contribution in [3.8, 4) is 0 Å². The number of carbonyl (C=O) groups is 2. The van der Waals surface area contributed by atoms with Crippen molar-refractivity contribution in [2.45, 2.75) is 39.3 Å². The van der Waals surface area contributed by atoms with Gasteiger partial charge in [0.25, 0.3) is 5.56 Å². The Hall–Kier alpha value is -4.47. The minimum absolute atomic E-state index is 0.00343. The molecule has 0 saturated heterocycles. The number of hydrogen-bond acceptors (Lipinski definition) is 6. The van der Waals surface area contributed by atoms with Gasteiger partial charge in [0.1, 0.15) is 11.1 Å². The number of pyridine rings is 1. The molecule has 0 saturated carbocycles. The van der Waals surface area contributed by atoms with Crippen LogP contribution < -0.4 is 16.7 Å². The Morgan fingerprint density at radius 3 is 2.31 bits per heavy atom. The first-order valence-electron chi connectivity index (χ1n) is 11.2. The number of aryl methyl sites for hydroxylation is 3. The van der Waals surface area contributed by atoms with Gasteiger partial charge in [-0.1, -0.05) is 23.3 Å². The van der Waals surface area contributed by atoms with Gasteiger partial charge in [0.15, 0.2) is 0 Å². The van der Waals surface area contributed by atoms with Gasteiger partial charge in [-0.3, -0.25) is 9.59 Å². The molecular formula is C26H25N3O7. The molecule has 0 amide bonds. The Kier molecular flexibility index (Phi) is 6.13. The van der Waals surface area contributed by atoms with Gasteiger partial charge < -0.3 is 19.4 Å². The molecule has 186 valence electrons. The molecule has 1 atom stereocenters. The number of carbonyl (C=O) groups excluding carboxylic acids is 1. The molecule has 10 nitrogen and oxygen atoms in total. The Morgan fingerprint density at radius 2 is 1.67 bits per heavy atom. The second-order valence-electron chi connectivity index (χ2n) is 9.03. The van der Waals surface area contributed by atoms with Crippen LogP contribution in [0.2, 0.25) is 0 Å². The highest BCUT2D eigenvalue weighted by Crippen LogP contribution is 2.23. The van der Waals surface area contributed by atoms with Gasteiger partial charge in [0.05, 0.1) is 23.5 Å². The summed E-state index contributed by atoms with van der Waals surface area (Å²) >= 11 is 0. The van der Waals surface area contributed by atoms with Crippen molar-refractivity contribution in [1.29, 1.82) is 0 Å². The molecule has 2 N–H and O–H groups in total. The Labute approximate surface area is 204 Å². The predicted octanol–water partition coefficient (Wildman–Crippen LogP) is 2.30. The average molecular weight is 492 g/mol. The van der Waals surface area contributed by atoms with Crippen molar-refractivity contribution < 1.29 is 19.4 Å². The number of aromatic carboxylic acids is 1. The fourth-order valence-electron chi connectivity index (χ4n) is 4.49. The van der Waals surface area contributed by atoms with E-state index in [9.17, 15) is 29.1 Å². The third-order valence-corrected chi connectivity index (χ3v) is 6.48. The van der Waals surface area contributed by atoms with Crippen molar-refractivity contribution in [1.82, 2.24) is 14.1 Å². The van der Waals surface area contributed by atoms with E-state index in [4.69, 9.17) is 4.74 Å². The number of esters is 1. The lowest BCUT2D eigenvalue weighted by molar-refractivity contribution is -0.151. The van der Waals surface area contributed by atoms with Crippen LogP contribution in [0.25, 0.3) is 21.8 Å². The quantitative estimate of drug-likeness (QED) is 0.394. The maximum atomic E-state index is 13.4.